The van der Waals surface area contributed by atoms with E-state index in [-0.39, 0.29) is 6.54 Å². The van der Waals surface area contributed by atoms with Crippen LogP contribution in [0.5, 0.6) is 5.75 Å². The van der Waals surface area contributed by atoms with Crippen molar-refractivity contribution in [1.82, 2.24) is 0 Å². The van der Waals surface area contributed by atoms with E-state index in [4.69, 9.17) is 9.47 Å². The van der Waals surface area contributed by atoms with Crippen LogP contribution in [0.25, 0.3) is 0 Å². The maximum atomic E-state index is 12.5. The zero-order valence-electron chi connectivity index (χ0n) is 16.1. The number of amides is 1. The molecule has 0 saturated carbocycles. The lowest BCUT2D eigenvalue weighted by atomic mass is 10.2. The van der Waals surface area contributed by atoms with Gasteiger partial charge in [0.05, 0.1) is 7.11 Å². The zero-order valence-corrected chi connectivity index (χ0v) is 16.1. The van der Waals surface area contributed by atoms with Gasteiger partial charge in [-0.3, -0.25) is 9.69 Å². The molecule has 6 heteroatoms. The van der Waals surface area contributed by atoms with Crippen LogP contribution in [0.4, 0.5) is 10.5 Å². The number of rotatable bonds is 6. The van der Waals surface area contributed by atoms with Crippen molar-refractivity contribution in [3.8, 4) is 5.75 Å². The van der Waals surface area contributed by atoms with Gasteiger partial charge in [0.1, 0.15) is 24.5 Å². The van der Waals surface area contributed by atoms with Crippen LogP contribution >= 0.6 is 0 Å². The third kappa shape index (κ3) is 6.66. The summed E-state index contributed by atoms with van der Waals surface area (Å²) in [7, 11) is 1.27. The first-order chi connectivity index (χ1) is 12.8. The molecule has 0 fully saturated rings. The summed E-state index contributed by atoms with van der Waals surface area (Å²) in [5, 5.41) is 0. The van der Waals surface area contributed by atoms with Gasteiger partial charge in [-0.1, -0.05) is 30.3 Å². The third-order valence-corrected chi connectivity index (χ3v) is 3.53. The number of hydrogen-bond donors (Lipinski definition) is 0. The molecule has 0 aromatic heterocycles. The molecule has 2 aromatic carbocycles. The van der Waals surface area contributed by atoms with Crippen LogP contribution in [0.1, 0.15) is 26.3 Å². The molecule has 0 N–H and O–H groups in total. The van der Waals surface area contributed by atoms with Crippen LogP contribution in [0.15, 0.2) is 54.6 Å². The van der Waals surface area contributed by atoms with E-state index in [0.717, 1.165) is 5.56 Å². The molecule has 6 nitrogen and oxygen atoms in total. The Balaban J connectivity index is 2.10. The standard InChI is InChI=1S/C21H25NO5/c1-21(2,3)27-20(24)22(14-19(23)25-4)17-10-12-18(13-11-17)26-15-16-8-6-5-7-9-16/h5-13H,14-15H2,1-4H3. The number of anilines is 1. The highest BCUT2D eigenvalue weighted by Crippen LogP contribution is 2.22. The second-order valence-corrected chi connectivity index (χ2v) is 6.91. The van der Waals surface area contributed by atoms with Crippen molar-refractivity contribution in [2.75, 3.05) is 18.6 Å². The summed E-state index contributed by atoms with van der Waals surface area (Å²) < 4.78 is 15.8. The minimum Gasteiger partial charge on any atom is -0.489 e. The molecule has 0 unspecified atom stereocenters. The maximum Gasteiger partial charge on any atom is 0.415 e. The summed E-state index contributed by atoms with van der Waals surface area (Å²) >= 11 is 0. The van der Waals surface area contributed by atoms with E-state index in [0.29, 0.717) is 18.0 Å². The molecule has 1 amide bonds. The Hall–Kier alpha value is -3.02. The molecule has 0 atom stereocenters. The van der Waals surface area contributed by atoms with Gasteiger partial charge in [-0.2, -0.15) is 0 Å². The van der Waals surface area contributed by atoms with Crippen molar-refractivity contribution >= 4 is 17.7 Å². The van der Waals surface area contributed by atoms with Crippen LogP contribution in [-0.2, 0) is 20.9 Å². The van der Waals surface area contributed by atoms with E-state index in [1.165, 1.54) is 12.0 Å². The third-order valence-electron chi connectivity index (χ3n) is 3.53. The molecule has 0 aliphatic rings. The summed E-state index contributed by atoms with van der Waals surface area (Å²) in [6.45, 7) is 5.50. The molecule has 0 radical (unpaired) electrons. The highest BCUT2D eigenvalue weighted by atomic mass is 16.6. The first-order valence-electron chi connectivity index (χ1n) is 8.62. The summed E-state index contributed by atoms with van der Waals surface area (Å²) in [6.07, 6.45) is -0.620. The lowest BCUT2D eigenvalue weighted by Gasteiger charge is -2.26. The predicted octanol–water partition coefficient (Wildman–Crippen LogP) is 4.18. The summed E-state index contributed by atoms with van der Waals surface area (Å²) in [5.74, 6) is 0.120. The minimum absolute atomic E-state index is 0.240. The highest BCUT2D eigenvalue weighted by Gasteiger charge is 2.25. The van der Waals surface area contributed by atoms with Crippen LogP contribution < -0.4 is 9.64 Å². The number of benzene rings is 2. The van der Waals surface area contributed by atoms with Crippen molar-refractivity contribution in [1.29, 1.82) is 0 Å². The second kappa shape index (κ2) is 9.07. The Labute approximate surface area is 159 Å². The molecule has 0 aliphatic carbocycles. The molecule has 0 bridgehead atoms. The van der Waals surface area contributed by atoms with Crippen LogP contribution in [0.3, 0.4) is 0 Å². The molecule has 0 spiro atoms. The average molecular weight is 371 g/mol. The van der Waals surface area contributed by atoms with Gasteiger partial charge in [0, 0.05) is 5.69 Å². The monoisotopic (exact) mass is 371 g/mol. The molecule has 2 rings (SSSR count). The van der Waals surface area contributed by atoms with Crippen LogP contribution in [0, 0.1) is 0 Å². The quantitative estimate of drug-likeness (QED) is 0.713. The number of esters is 1. The molecule has 2 aromatic rings. The van der Waals surface area contributed by atoms with Crippen molar-refractivity contribution < 1.29 is 23.8 Å². The first-order valence-corrected chi connectivity index (χ1v) is 8.62. The number of methoxy groups -OCH3 is 1. The predicted molar refractivity (Wildman–Crippen MR) is 103 cm³/mol. The minimum atomic E-state index is -0.676. The summed E-state index contributed by atoms with van der Waals surface area (Å²) in [6, 6.07) is 16.7. The topological polar surface area (TPSA) is 65.1 Å². The zero-order chi connectivity index (χ0) is 19.9. The number of carbonyl (C=O) groups excluding carboxylic acids is 2. The van der Waals surface area contributed by atoms with Crippen molar-refractivity contribution in [3.05, 3.63) is 60.2 Å². The van der Waals surface area contributed by atoms with E-state index < -0.39 is 17.7 Å². The van der Waals surface area contributed by atoms with E-state index >= 15 is 0 Å². The van der Waals surface area contributed by atoms with Gasteiger partial charge in [0.2, 0.25) is 0 Å². The fourth-order valence-corrected chi connectivity index (χ4v) is 2.24. The Morgan fingerprint density at radius 3 is 2.15 bits per heavy atom. The van der Waals surface area contributed by atoms with Gasteiger partial charge in [-0.25, -0.2) is 4.79 Å². The van der Waals surface area contributed by atoms with Crippen LogP contribution in [0.2, 0.25) is 0 Å². The van der Waals surface area contributed by atoms with Gasteiger partial charge in [-0.15, -0.1) is 0 Å². The van der Waals surface area contributed by atoms with Gasteiger partial charge in [0.25, 0.3) is 0 Å². The molecular weight excluding hydrogens is 346 g/mol. The number of ether oxygens (including phenoxy) is 3. The normalized spacial score (nSPS) is 10.8. The molecule has 0 heterocycles. The van der Waals surface area contributed by atoms with Crippen molar-refractivity contribution in [2.45, 2.75) is 33.0 Å². The van der Waals surface area contributed by atoms with E-state index in [1.54, 1.807) is 45.0 Å². The summed E-state index contributed by atoms with van der Waals surface area (Å²) in [4.78, 5) is 25.4. The Bertz CT molecular complexity index is 750. The van der Waals surface area contributed by atoms with Crippen molar-refractivity contribution in [2.24, 2.45) is 0 Å². The van der Waals surface area contributed by atoms with E-state index in [1.807, 2.05) is 30.3 Å². The highest BCUT2D eigenvalue weighted by molar-refractivity contribution is 5.93. The molecule has 144 valence electrons. The molecular formula is C21H25NO5. The largest absolute Gasteiger partial charge is 0.489 e. The number of hydrogen-bond acceptors (Lipinski definition) is 5. The first kappa shape index (κ1) is 20.3. The molecule has 0 aliphatic heterocycles. The lowest BCUT2D eigenvalue weighted by Crippen LogP contribution is -2.40. The van der Waals surface area contributed by atoms with Gasteiger partial charge < -0.3 is 14.2 Å². The number of carbonyl (C=O) groups is 2. The summed E-state index contributed by atoms with van der Waals surface area (Å²) in [5.41, 5.74) is 0.897. The Morgan fingerprint density at radius 2 is 1.59 bits per heavy atom. The SMILES string of the molecule is COC(=O)CN(C(=O)OC(C)(C)C)c1ccc(OCc2ccccc2)cc1. The fraction of sp³-hybridized carbons (Fsp3) is 0.333. The second-order valence-electron chi connectivity index (χ2n) is 6.91. The Morgan fingerprint density at radius 1 is 0.963 bits per heavy atom. The van der Waals surface area contributed by atoms with E-state index in [9.17, 15) is 9.59 Å². The fourth-order valence-electron chi connectivity index (χ4n) is 2.24. The molecule has 0 saturated heterocycles. The van der Waals surface area contributed by atoms with E-state index in [2.05, 4.69) is 4.74 Å². The van der Waals surface area contributed by atoms with Crippen LogP contribution in [-0.4, -0.2) is 31.3 Å². The van der Waals surface area contributed by atoms with Gasteiger partial charge in [0.15, 0.2) is 0 Å². The number of nitrogens with zero attached hydrogens (tertiary/aromatic N) is 1. The maximum absolute atomic E-state index is 12.5. The smallest absolute Gasteiger partial charge is 0.415 e. The van der Waals surface area contributed by atoms with Crippen molar-refractivity contribution in [3.63, 3.8) is 0 Å². The Kier molecular flexibility index (Phi) is 6.82. The van der Waals surface area contributed by atoms with Gasteiger partial charge in [-0.05, 0) is 50.6 Å². The lowest BCUT2D eigenvalue weighted by molar-refractivity contribution is -0.139. The average Bonchev–Trinajstić information content (AvgIpc) is 2.64. The van der Waals surface area contributed by atoms with Gasteiger partial charge >= 0.3 is 12.1 Å². The molecule has 27 heavy (non-hydrogen) atoms.